The topological polar surface area (TPSA) is 96.3 Å². The Bertz CT molecular complexity index is 904. The molecule has 6 nitrogen and oxygen atoms in total. The average molecular weight is 395 g/mol. The number of nitriles is 1. The summed E-state index contributed by atoms with van der Waals surface area (Å²) in [6.07, 6.45) is 0. The molecular formula is C15H11BrN2O4S. The molecular weight excluding hydrogens is 384 g/mol. The first kappa shape index (κ1) is 17.0. The summed E-state index contributed by atoms with van der Waals surface area (Å²) in [7, 11) is -2.74. The normalized spacial score (nSPS) is 10.7. The SMILES string of the molecule is COC(=O)c1cc(Br)ccc1NS(=O)(=O)c1cccc(C#N)c1. The van der Waals surface area contributed by atoms with E-state index in [1.807, 2.05) is 6.07 Å². The number of methoxy groups -OCH3 is 1. The van der Waals surface area contributed by atoms with Crippen LogP contribution in [0.3, 0.4) is 0 Å². The number of halogens is 1. The lowest BCUT2D eigenvalue weighted by Crippen LogP contribution is -2.16. The van der Waals surface area contributed by atoms with Gasteiger partial charge >= 0.3 is 5.97 Å². The molecule has 0 aliphatic rings. The third-order valence-electron chi connectivity index (χ3n) is 2.90. The summed E-state index contributed by atoms with van der Waals surface area (Å²) in [5, 5.41) is 8.87. The van der Waals surface area contributed by atoms with Gasteiger partial charge in [0.2, 0.25) is 0 Å². The van der Waals surface area contributed by atoms with E-state index in [-0.39, 0.29) is 21.7 Å². The van der Waals surface area contributed by atoms with Gasteiger partial charge in [0.1, 0.15) is 0 Å². The molecule has 0 saturated heterocycles. The summed E-state index contributed by atoms with van der Waals surface area (Å²) in [6.45, 7) is 0. The van der Waals surface area contributed by atoms with Gasteiger partial charge in [0.15, 0.2) is 0 Å². The Morgan fingerprint density at radius 3 is 2.65 bits per heavy atom. The third-order valence-corrected chi connectivity index (χ3v) is 4.76. The maximum atomic E-state index is 12.4. The standard InChI is InChI=1S/C15H11BrN2O4S/c1-22-15(19)13-8-11(16)5-6-14(13)18-23(20,21)12-4-2-3-10(7-12)9-17/h2-8,18H,1H3. The van der Waals surface area contributed by atoms with Crippen LogP contribution in [0.1, 0.15) is 15.9 Å². The van der Waals surface area contributed by atoms with E-state index in [0.29, 0.717) is 4.47 Å². The molecule has 0 aromatic heterocycles. The quantitative estimate of drug-likeness (QED) is 0.804. The van der Waals surface area contributed by atoms with E-state index >= 15 is 0 Å². The minimum absolute atomic E-state index is 0.0712. The molecule has 2 aromatic rings. The van der Waals surface area contributed by atoms with Crippen molar-refractivity contribution in [2.45, 2.75) is 4.90 Å². The molecule has 23 heavy (non-hydrogen) atoms. The van der Waals surface area contributed by atoms with E-state index in [0.717, 1.165) is 0 Å². The monoisotopic (exact) mass is 394 g/mol. The molecule has 0 fully saturated rings. The number of nitrogens with one attached hydrogen (secondary N) is 1. The molecule has 2 rings (SSSR count). The highest BCUT2D eigenvalue weighted by atomic mass is 79.9. The van der Waals surface area contributed by atoms with Crippen molar-refractivity contribution in [1.29, 1.82) is 5.26 Å². The summed E-state index contributed by atoms with van der Waals surface area (Å²) in [5.74, 6) is -0.672. The van der Waals surface area contributed by atoms with Gasteiger partial charge in [0.25, 0.3) is 10.0 Å². The molecule has 0 bridgehead atoms. The Hall–Kier alpha value is -2.37. The molecule has 0 unspecified atom stereocenters. The van der Waals surface area contributed by atoms with Crippen LogP contribution >= 0.6 is 15.9 Å². The molecule has 0 spiro atoms. The van der Waals surface area contributed by atoms with E-state index in [1.54, 1.807) is 6.07 Å². The number of carbonyl (C=O) groups is 1. The maximum Gasteiger partial charge on any atom is 0.340 e. The van der Waals surface area contributed by atoms with Gasteiger partial charge in [-0.1, -0.05) is 22.0 Å². The van der Waals surface area contributed by atoms with Gasteiger partial charge in [-0.15, -0.1) is 0 Å². The number of ether oxygens (including phenoxy) is 1. The van der Waals surface area contributed by atoms with E-state index in [2.05, 4.69) is 25.4 Å². The summed E-state index contributed by atoms with van der Waals surface area (Å²) in [5.41, 5.74) is 0.376. The highest BCUT2D eigenvalue weighted by Gasteiger charge is 2.19. The molecule has 118 valence electrons. The zero-order chi connectivity index (χ0) is 17.0. The number of esters is 1. The second kappa shape index (κ2) is 6.81. The Labute approximate surface area is 141 Å². The van der Waals surface area contributed by atoms with Gasteiger partial charge in [-0.25, -0.2) is 13.2 Å². The third kappa shape index (κ3) is 3.88. The number of hydrogen-bond acceptors (Lipinski definition) is 5. The van der Waals surface area contributed by atoms with Crippen molar-refractivity contribution >= 4 is 37.6 Å². The van der Waals surface area contributed by atoms with Crippen LogP contribution in [-0.4, -0.2) is 21.5 Å². The zero-order valence-corrected chi connectivity index (χ0v) is 14.3. The number of carbonyl (C=O) groups excluding carboxylic acids is 1. The fourth-order valence-corrected chi connectivity index (χ4v) is 3.31. The van der Waals surface area contributed by atoms with Gasteiger partial charge in [0, 0.05) is 4.47 Å². The second-order valence-corrected chi connectivity index (χ2v) is 7.02. The van der Waals surface area contributed by atoms with Gasteiger partial charge < -0.3 is 4.74 Å². The first-order chi connectivity index (χ1) is 10.9. The van der Waals surface area contributed by atoms with Crippen molar-refractivity contribution in [3.05, 3.63) is 58.1 Å². The van der Waals surface area contributed by atoms with Gasteiger partial charge in [0.05, 0.1) is 34.9 Å². The zero-order valence-electron chi connectivity index (χ0n) is 11.9. The molecule has 8 heteroatoms. The number of nitrogens with zero attached hydrogens (tertiary/aromatic N) is 1. The Balaban J connectivity index is 2.45. The average Bonchev–Trinajstić information content (AvgIpc) is 2.55. The van der Waals surface area contributed by atoms with Crippen LogP contribution in [0, 0.1) is 11.3 Å². The number of benzene rings is 2. The fourth-order valence-electron chi connectivity index (χ4n) is 1.82. The molecule has 0 radical (unpaired) electrons. The number of anilines is 1. The summed E-state index contributed by atoms with van der Waals surface area (Å²) >= 11 is 3.22. The van der Waals surface area contributed by atoms with E-state index in [1.165, 1.54) is 43.5 Å². The number of hydrogen-bond donors (Lipinski definition) is 1. The van der Waals surface area contributed by atoms with Crippen LogP contribution in [-0.2, 0) is 14.8 Å². The number of rotatable bonds is 4. The molecule has 0 heterocycles. The van der Waals surface area contributed by atoms with E-state index in [9.17, 15) is 13.2 Å². The molecule has 0 atom stereocenters. The smallest absolute Gasteiger partial charge is 0.340 e. The molecule has 0 amide bonds. The highest BCUT2D eigenvalue weighted by Crippen LogP contribution is 2.25. The predicted octanol–water partition coefficient (Wildman–Crippen LogP) is 2.91. The van der Waals surface area contributed by atoms with Crippen LogP contribution in [0.4, 0.5) is 5.69 Å². The van der Waals surface area contributed by atoms with E-state index < -0.39 is 16.0 Å². The lowest BCUT2D eigenvalue weighted by Gasteiger charge is -2.12. The molecule has 1 N–H and O–H groups in total. The first-order valence-electron chi connectivity index (χ1n) is 6.28. The van der Waals surface area contributed by atoms with Crippen LogP contribution in [0.15, 0.2) is 51.8 Å². The first-order valence-corrected chi connectivity index (χ1v) is 8.56. The molecule has 0 saturated carbocycles. The van der Waals surface area contributed by atoms with Crippen molar-refractivity contribution < 1.29 is 17.9 Å². The Morgan fingerprint density at radius 1 is 1.26 bits per heavy atom. The molecule has 0 aliphatic heterocycles. The molecule has 2 aromatic carbocycles. The van der Waals surface area contributed by atoms with Crippen molar-refractivity contribution in [2.24, 2.45) is 0 Å². The second-order valence-electron chi connectivity index (χ2n) is 4.43. The number of sulfonamides is 1. The summed E-state index contributed by atoms with van der Waals surface area (Å²) in [4.78, 5) is 11.7. The van der Waals surface area contributed by atoms with Gasteiger partial charge in [-0.05, 0) is 36.4 Å². The van der Waals surface area contributed by atoms with Gasteiger partial charge in [-0.3, -0.25) is 4.72 Å². The van der Waals surface area contributed by atoms with Crippen LogP contribution in [0.2, 0.25) is 0 Å². The molecule has 0 aliphatic carbocycles. The minimum atomic E-state index is -3.95. The maximum absolute atomic E-state index is 12.4. The summed E-state index contributed by atoms with van der Waals surface area (Å²) < 4.78 is 32.5. The minimum Gasteiger partial charge on any atom is -0.465 e. The lowest BCUT2D eigenvalue weighted by molar-refractivity contribution is 0.0602. The Morgan fingerprint density at radius 2 is 2.00 bits per heavy atom. The van der Waals surface area contributed by atoms with Crippen molar-refractivity contribution in [3.8, 4) is 6.07 Å². The summed E-state index contributed by atoms with van der Waals surface area (Å²) in [6, 6.07) is 11.9. The van der Waals surface area contributed by atoms with Crippen LogP contribution < -0.4 is 4.72 Å². The fraction of sp³-hybridized carbons (Fsp3) is 0.0667. The van der Waals surface area contributed by atoms with Crippen LogP contribution in [0.25, 0.3) is 0 Å². The predicted molar refractivity (Wildman–Crippen MR) is 87.4 cm³/mol. The van der Waals surface area contributed by atoms with Gasteiger partial charge in [-0.2, -0.15) is 5.26 Å². The lowest BCUT2D eigenvalue weighted by atomic mass is 10.2. The van der Waals surface area contributed by atoms with Crippen molar-refractivity contribution in [1.82, 2.24) is 0 Å². The van der Waals surface area contributed by atoms with Crippen LogP contribution in [0.5, 0.6) is 0 Å². The Kier molecular flexibility index (Phi) is 5.03. The van der Waals surface area contributed by atoms with Crippen molar-refractivity contribution in [3.63, 3.8) is 0 Å². The van der Waals surface area contributed by atoms with E-state index in [4.69, 9.17) is 5.26 Å². The highest BCUT2D eigenvalue weighted by molar-refractivity contribution is 9.10. The largest absolute Gasteiger partial charge is 0.465 e. The van der Waals surface area contributed by atoms with Crippen molar-refractivity contribution in [2.75, 3.05) is 11.8 Å².